The molecule has 3 N–H and O–H groups in total. The molecular weight excluding hydrogens is 488 g/mol. The van der Waals surface area contributed by atoms with Crippen molar-refractivity contribution in [3.63, 3.8) is 0 Å². The molecule has 0 spiro atoms. The predicted molar refractivity (Wildman–Crippen MR) is 114 cm³/mol. The molecule has 1 heterocycles. The number of nitrogens with zero attached hydrogens (tertiary/aromatic N) is 2. The van der Waals surface area contributed by atoms with Crippen LogP contribution in [0.3, 0.4) is 0 Å². The Morgan fingerprint density at radius 3 is 2.54 bits per heavy atom. The summed E-state index contributed by atoms with van der Waals surface area (Å²) in [6.07, 6.45) is -0.886. The van der Waals surface area contributed by atoms with Crippen molar-refractivity contribution in [2.24, 2.45) is 10.9 Å². The lowest BCUT2D eigenvalue weighted by molar-refractivity contribution is -0.137. The zero-order valence-electron chi connectivity index (χ0n) is 16.3. The van der Waals surface area contributed by atoms with Crippen LogP contribution in [0.25, 0.3) is 0 Å². The quantitative estimate of drug-likeness (QED) is 0.181. The van der Waals surface area contributed by atoms with Crippen LogP contribution in [0.15, 0.2) is 23.3 Å². The fraction of sp³-hybridized carbons (Fsp3) is 0.667. The van der Waals surface area contributed by atoms with E-state index in [1.54, 1.807) is 0 Å². The van der Waals surface area contributed by atoms with Crippen LogP contribution in [0.1, 0.15) is 38.7 Å². The SMILES string of the molecule is CCCC(CCO)CN=C(NCC)NCCOc1ccc(C(F)(F)F)cn1.I. The fourth-order valence-electron chi connectivity index (χ4n) is 2.44. The molecule has 0 radical (unpaired) electrons. The van der Waals surface area contributed by atoms with Crippen LogP contribution < -0.4 is 15.4 Å². The summed E-state index contributed by atoms with van der Waals surface area (Å²) in [5.74, 6) is 1.11. The summed E-state index contributed by atoms with van der Waals surface area (Å²) in [5, 5.41) is 15.3. The van der Waals surface area contributed by atoms with E-state index in [4.69, 9.17) is 9.84 Å². The number of pyridine rings is 1. The van der Waals surface area contributed by atoms with Gasteiger partial charge in [-0.2, -0.15) is 13.2 Å². The number of aliphatic imine (C=N–C) groups is 1. The van der Waals surface area contributed by atoms with Gasteiger partial charge < -0.3 is 20.5 Å². The normalized spacial score (nSPS) is 12.9. The first-order valence-corrected chi connectivity index (χ1v) is 9.19. The van der Waals surface area contributed by atoms with Gasteiger partial charge >= 0.3 is 6.18 Å². The summed E-state index contributed by atoms with van der Waals surface area (Å²) >= 11 is 0. The predicted octanol–water partition coefficient (Wildman–Crippen LogP) is 3.45. The minimum absolute atomic E-state index is 0. The molecule has 1 atom stereocenters. The van der Waals surface area contributed by atoms with Gasteiger partial charge in [-0.05, 0) is 31.7 Å². The third-order valence-electron chi connectivity index (χ3n) is 3.79. The van der Waals surface area contributed by atoms with Gasteiger partial charge in [-0.15, -0.1) is 24.0 Å². The summed E-state index contributed by atoms with van der Waals surface area (Å²) < 4.78 is 42.8. The summed E-state index contributed by atoms with van der Waals surface area (Å²) in [4.78, 5) is 8.18. The average Bonchev–Trinajstić information content (AvgIpc) is 2.63. The average molecular weight is 518 g/mol. The number of halogens is 4. The summed E-state index contributed by atoms with van der Waals surface area (Å²) in [6.45, 7) is 6.18. The van der Waals surface area contributed by atoms with Crippen molar-refractivity contribution in [2.75, 3.05) is 32.8 Å². The number of hydrogen-bond donors (Lipinski definition) is 3. The maximum Gasteiger partial charge on any atom is 0.417 e. The number of alkyl halides is 3. The van der Waals surface area contributed by atoms with E-state index in [1.165, 1.54) is 6.07 Å². The number of guanidine groups is 1. The molecule has 1 rings (SSSR count). The topological polar surface area (TPSA) is 78.8 Å². The van der Waals surface area contributed by atoms with E-state index in [0.29, 0.717) is 31.5 Å². The lowest BCUT2D eigenvalue weighted by Crippen LogP contribution is -2.39. The Morgan fingerprint density at radius 2 is 2.00 bits per heavy atom. The van der Waals surface area contributed by atoms with Gasteiger partial charge in [-0.25, -0.2) is 4.98 Å². The number of ether oxygens (including phenoxy) is 1. The first kappa shape index (κ1) is 26.7. The second-order valence-electron chi connectivity index (χ2n) is 6.04. The number of aliphatic hydroxyl groups is 1. The van der Waals surface area contributed by atoms with Gasteiger partial charge in [-0.1, -0.05) is 13.3 Å². The number of rotatable bonds is 11. The van der Waals surface area contributed by atoms with Crippen molar-refractivity contribution in [2.45, 2.75) is 39.3 Å². The van der Waals surface area contributed by atoms with Crippen LogP contribution >= 0.6 is 24.0 Å². The second-order valence-corrected chi connectivity index (χ2v) is 6.04. The molecule has 0 amide bonds. The fourth-order valence-corrected chi connectivity index (χ4v) is 2.44. The smallest absolute Gasteiger partial charge is 0.417 e. The Balaban J connectivity index is 0.00000729. The van der Waals surface area contributed by atoms with Gasteiger partial charge in [0.1, 0.15) is 6.61 Å². The van der Waals surface area contributed by atoms with Crippen molar-refractivity contribution in [1.29, 1.82) is 0 Å². The van der Waals surface area contributed by atoms with Crippen molar-refractivity contribution in [3.8, 4) is 5.88 Å². The Hall–Kier alpha value is -1.30. The van der Waals surface area contributed by atoms with Crippen molar-refractivity contribution in [1.82, 2.24) is 15.6 Å². The van der Waals surface area contributed by atoms with Gasteiger partial charge in [0.2, 0.25) is 5.88 Å². The highest BCUT2D eigenvalue weighted by Gasteiger charge is 2.30. The molecule has 0 saturated heterocycles. The van der Waals surface area contributed by atoms with Crippen LogP contribution in [-0.4, -0.2) is 48.9 Å². The molecule has 0 fully saturated rings. The highest BCUT2D eigenvalue weighted by atomic mass is 127. The maximum absolute atomic E-state index is 12.5. The van der Waals surface area contributed by atoms with Crippen LogP contribution in [0.4, 0.5) is 13.2 Å². The minimum Gasteiger partial charge on any atom is -0.476 e. The van der Waals surface area contributed by atoms with Crippen LogP contribution in [0, 0.1) is 5.92 Å². The second kappa shape index (κ2) is 14.7. The van der Waals surface area contributed by atoms with Gasteiger partial charge in [0, 0.05) is 32.0 Å². The molecular formula is C18H30F3IN4O2. The van der Waals surface area contributed by atoms with Gasteiger partial charge in [-0.3, -0.25) is 4.99 Å². The molecule has 28 heavy (non-hydrogen) atoms. The van der Waals surface area contributed by atoms with Gasteiger partial charge in [0.25, 0.3) is 0 Å². The third-order valence-corrected chi connectivity index (χ3v) is 3.79. The van der Waals surface area contributed by atoms with Crippen molar-refractivity contribution >= 4 is 29.9 Å². The standard InChI is InChI=1S/C18H29F3N4O2.HI/c1-3-5-14(8-10-26)12-25-17(22-4-2)23-9-11-27-16-7-6-15(13-24-16)18(19,20)21;/h6-7,13-14,26H,3-5,8-12H2,1-2H3,(H2,22,23,25);1H. The molecule has 0 aliphatic heterocycles. The van der Waals surface area contributed by atoms with Crippen molar-refractivity contribution in [3.05, 3.63) is 23.9 Å². The Kier molecular flexibility index (Phi) is 14.0. The van der Waals surface area contributed by atoms with E-state index in [1.807, 2.05) is 6.92 Å². The van der Waals surface area contributed by atoms with Crippen LogP contribution in [-0.2, 0) is 6.18 Å². The first-order valence-electron chi connectivity index (χ1n) is 9.19. The van der Waals surface area contributed by atoms with Gasteiger partial charge in [0.05, 0.1) is 12.1 Å². The lowest BCUT2D eigenvalue weighted by atomic mass is 10.0. The first-order chi connectivity index (χ1) is 12.9. The largest absolute Gasteiger partial charge is 0.476 e. The van der Waals surface area contributed by atoms with E-state index < -0.39 is 11.7 Å². The Bertz CT molecular complexity index is 551. The molecule has 0 saturated carbocycles. The molecule has 0 aliphatic carbocycles. The number of nitrogens with one attached hydrogen (secondary N) is 2. The molecule has 0 aliphatic rings. The maximum atomic E-state index is 12.5. The number of hydrogen-bond acceptors (Lipinski definition) is 4. The summed E-state index contributed by atoms with van der Waals surface area (Å²) in [6, 6.07) is 2.14. The zero-order chi connectivity index (χ0) is 20.1. The van der Waals surface area contributed by atoms with Crippen LogP contribution in [0.2, 0.25) is 0 Å². The number of aromatic nitrogens is 1. The monoisotopic (exact) mass is 518 g/mol. The van der Waals surface area contributed by atoms with E-state index in [-0.39, 0.29) is 43.1 Å². The number of aliphatic hydroxyl groups excluding tert-OH is 1. The third kappa shape index (κ3) is 10.9. The molecule has 0 bridgehead atoms. The minimum atomic E-state index is -4.41. The van der Waals surface area contributed by atoms with Crippen LogP contribution in [0.5, 0.6) is 5.88 Å². The highest BCUT2D eigenvalue weighted by molar-refractivity contribution is 14.0. The van der Waals surface area contributed by atoms with Gasteiger partial charge in [0.15, 0.2) is 5.96 Å². The van der Waals surface area contributed by atoms with E-state index in [0.717, 1.165) is 31.5 Å². The van der Waals surface area contributed by atoms with E-state index >= 15 is 0 Å². The molecule has 1 unspecified atom stereocenters. The molecule has 6 nitrogen and oxygen atoms in total. The van der Waals surface area contributed by atoms with E-state index in [2.05, 4.69) is 27.5 Å². The van der Waals surface area contributed by atoms with E-state index in [9.17, 15) is 13.2 Å². The molecule has 162 valence electrons. The lowest BCUT2D eigenvalue weighted by Gasteiger charge is -2.15. The highest BCUT2D eigenvalue weighted by Crippen LogP contribution is 2.29. The van der Waals surface area contributed by atoms with Crippen molar-refractivity contribution < 1.29 is 23.0 Å². The summed E-state index contributed by atoms with van der Waals surface area (Å²) in [7, 11) is 0. The zero-order valence-corrected chi connectivity index (χ0v) is 18.6. The molecule has 1 aromatic rings. The summed E-state index contributed by atoms with van der Waals surface area (Å²) in [5.41, 5.74) is -0.806. The Morgan fingerprint density at radius 1 is 1.25 bits per heavy atom. The molecule has 0 aromatic carbocycles. The Labute approximate surface area is 181 Å². The molecule has 10 heteroatoms. The molecule has 1 aromatic heterocycles.